The van der Waals surface area contributed by atoms with Crippen molar-refractivity contribution >= 4 is 46.2 Å². The fraction of sp³-hybridized carbons (Fsp3) is 0.278. The first-order valence-corrected chi connectivity index (χ1v) is 8.74. The van der Waals surface area contributed by atoms with Gasteiger partial charge in [-0.1, -0.05) is 23.2 Å². The van der Waals surface area contributed by atoms with Gasteiger partial charge >= 0.3 is 0 Å². The number of carbonyl (C=O) groups is 1. The summed E-state index contributed by atoms with van der Waals surface area (Å²) in [5.41, 5.74) is 8.76. The normalized spacial score (nSPS) is 13.8. The molecule has 2 aromatic rings. The van der Waals surface area contributed by atoms with E-state index in [9.17, 15) is 4.79 Å². The molecule has 132 valence electrons. The van der Waals surface area contributed by atoms with Crippen molar-refractivity contribution in [3.8, 4) is 5.75 Å². The Kier molecular flexibility index (Phi) is 5.25. The predicted molar refractivity (Wildman–Crippen MR) is 103 cm³/mol. The second-order valence-electron chi connectivity index (χ2n) is 5.90. The van der Waals surface area contributed by atoms with E-state index in [2.05, 4.69) is 10.2 Å². The summed E-state index contributed by atoms with van der Waals surface area (Å²) in [5.74, 6) is 0.0267. The fourth-order valence-electron chi connectivity index (χ4n) is 2.97. The SMILES string of the molecule is COc1c(Cl)cc(C(=O)Nc2ccc(N3CCCC3)c(N)c2)cc1Cl. The number of ether oxygens (including phenoxy) is 1. The number of nitrogens with one attached hydrogen (secondary N) is 1. The fourth-order valence-corrected chi connectivity index (χ4v) is 3.61. The van der Waals surface area contributed by atoms with E-state index in [0.717, 1.165) is 18.8 Å². The number of hydrogen-bond acceptors (Lipinski definition) is 4. The molecule has 1 amide bonds. The summed E-state index contributed by atoms with van der Waals surface area (Å²) < 4.78 is 5.09. The first-order valence-electron chi connectivity index (χ1n) is 7.98. The Bertz CT molecular complexity index is 782. The van der Waals surface area contributed by atoms with Gasteiger partial charge in [0.05, 0.1) is 28.5 Å². The average molecular weight is 380 g/mol. The summed E-state index contributed by atoms with van der Waals surface area (Å²) in [7, 11) is 1.47. The Morgan fingerprint density at radius 1 is 1.16 bits per heavy atom. The number of nitrogen functional groups attached to an aromatic ring is 1. The topological polar surface area (TPSA) is 67.6 Å². The molecule has 0 bridgehead atoms. The van der Waals surface area contributed by atoms with Crippen molar-refractivity contribution in [2.75, 3.05) is 36.1 Å². The highest BCUT2D eigenvalue weighted by molar-refractivity contribution is 6.37. The zero-order valence-electron chi connectivity index (χ0n) is 13.8. The lowest BCUT2D eigenvalue weighted by molar-refractivity contribution is 0.102. The largest absolute Gasteiger partial charge is 0.494 e. The van der Waals surface area contributed by atoms with Crippen molar-refractivity contribution in [2.24, 2.45) is 0 Å². The van der Waals surface area contributed by atoms with Gasteiger partial charge in [-0.25, -0.2) is 0 Å². The van der Waals surface area contributed by atoms with Gasteiger partial charge in [-0.3, -0.25) is 4.79 Å². The number of carbonyl (C=O) groups excluding carboxylic acids is 1. The number of benzene rings is 2. The quantitative estimate of drug-likeness (QED) is 0.770. The highest BCUT2D eigenvalue weighted by atomic mass is 35.5. The maximum Gasteiger partial charge on any atom is 0.255 e. The highest BCUT2D eigenvalue weighted by Crippen LogP contribution is 2.34. The zero-order valence-corrected chi connectivity index (χ0v) is 15.3. The second kappa shape index (κ2) is 7.42. The molecule has 0 unspecified atom stereocenters. The van der Waals surface area contributed by atoms with Gasteiger partial charge in [0.15, 0.2) is 5.75 Å². The highest BCUT2D eigenvalue weighted by Gasteiger charge is 2.17. The van der Waals surface area contributed by atoms with E-state index >= 15 is 0 Å². The number of amides is 1. The van der Waals surface area contributed by atoms with E-state index in [1.807, 2.05) is 12.1 Å². The van der Waals surface area contributed by atoms with Crippen LogP contribution in [-0.4, -0.2) is 26.1 Å². The molecule has 0 atom stereocenters. The van der Waals surface area contributed by atoms with E-state index in [0.29, 0.717) is 22.7 Å². The molecule has 1 saturated heterocycles. The molecular formula is C18H19Cl2N3O2. The Hall–Kier alpha value is -2.11. The van der Waals surface area contributed by atoms with Crippen molar-refractivity contribution in [1.29, 1.82) is 0 Å². The number of nitrogens with two attached hydrogens (primary N) is 1. The summed E-state index contributed by atoms with van der Waals surface area (Å²) in [6.45, 7) is 2.03. The molecule has 0 saturated carbocycles. The number of halogens is 2. The van der Waals surface area contributed by atoms with E-state index < -0.39 is 0 Å². The molecule has 0 aromatic heterocycles. The van der Waals surface area contributed by atoms with Crippen molar-refractivity contribution < 1.29 is 9.53 Å². The average Bonchev–Trinajstić information content (AvgIpc) is 3.08. The first kappa shape index (κ1) is 17.7. The van der Waals surface area contributed by atoms with Gasteiger partial charge in [-0.05, 0) is 43.2 Å². The van der Waals surface area contributed by atoms with Crippen LogP contribution in [0.5, 0.6) is 5.75 Å². The summed E-state index contributed by atoms with van der Waals surface area (Å²) >= 11 is 12.2. The van der Waals surface area contributed by atoms with E-state index in [4.69, 9.17) is 33.7 Å². The summed E-state index contributed by atoms with van der Waals surface area (Å²) in [6.07, 6.45) is 2.35. The lowest BCUT2D eigenvalue weighted by Gasteiger charge is -2.20. The number of hydrogen-bond donors (Lipinski definition) is 2. The van der Waals surface area contributed by atoms with Gasteiger partial charge in [0, 0.05) is 24.3 Å². The Balaban J connectivity index is 1.78. The maximum atomic E-state index is 12.5. The lowest BCUT2D eigenvalue weighted by atomic mass is 10.1. The van der Waals surface area contributed by atoms with Gasteiger partial charge in [0.1, 0.15) is 0 Å². The van der Waals surface area contributed by atoms with Crippen LogP contribution < -0.4 is 20.7 Å². The van der Waals surface area contributed by atoms with Crippen LogP contribution in [0.15, 0.2) is 30.3 Å². The third kappa shape index (κ3) is 3.78. The minimum Gasteiger partial charge on any atom is -0.494 e. The maximum absolute atomic E-state index is 12.5. The van der Waals surface area contributed by atoms with Crippen molar-refractivity contribution in [3.05, 3.63) is 45.9 Å². The third-order valence-corrected chi connectivity index (χ3v) is 4.76. The van der Waals surface area contributed by atoms with Gasteiger partial charge in [-0.2, -0.15) is 0 Å². The molecule has 25 heavy (non-hydrogen) atoms. The molecule has 5 nitrogen and oxygen atoms in total. The molecule has 0 spiro atoms. The molecule has 0 aliphatic carbocycles. The number of nitrogens with zero attached hydrogens (tertiary/aromatic N) is 1. The predicted octanol–water partition coefficient (Wildman–Crippen LogP) is 4.44. The Morgan fingerprint density at radius 2 is 1.80 bits per heavy atom. The summed E-state index contributed by atoms with van der Waals surface area (Å²) in [4.78, 5) is 14.7. The minimum atomic E-state index is -0.320. The molecule has 3 N–H and O–H groups in total. The molecule has 3 rings (SSSR count). The Labute approximate surface area is 156 Å². The van der Waals surface area contributed by atoms with Gasteiger partial charge < -0.3 is 20.7 Å². The molecule has 1 aliphatic heterocycles. The molecule has 1 aliphatic rings. The van der Waals surface area contributed by atoms with Crippen LogP contribution in [0.25, 0.3) is 0 Å². The minimum absolute atomic E-state index is 0.282. The molecule has 7 heteroatoms. The van der Waals surface area contributed by atoms with Crippen molar-refractivity contribution in [2.45, 2.75) is 12.8 Å². The third-order valence-electron chi connectivity index (χ3n) is 4.20. The molecule has 2 aromatic carbocycles. The monoisotopic (exact) mass is 379 g/mol. The van der Waals surface area contributed by atoms with Crippen LogP contribution in [-0.2, 0) is 0 Å². The number of rotatable bonds is 4. The van der Waals surface area contributed by atoms with Crippen molar-refractivity contribution in [1.82, 2.24) is 0 Å². The van der Waals surface area contributed by atoms with Crippen LogP contribution >= 0.6 is 23.2 Å². The van der Waals surface area contributed by atoms with Crippen LogP contribution in [0.1, 0.15) is 23.2 Å². The summed E-state index contributed by atoms with van der Waals surface area (Å²) in [5, 5.41) is 3.38. The van der Waals surface area contributed by atoms with E-state index in [-0.39, 0.29) is 16.0 Å². The van der Waals surface area contributed by atoms with Crippen LogP contribution in [0.4, 0.5) is 17.1 Å². The number of methoxy groups -OCH3 is 1. The molecule has 1 fully saturated rings. The molecule has 0 radical (unpaired) electrons. The van der Waals surface area contributed by atoms with E-state index in [1.165, 1.54) is 32.1 Å². The van der Waals surface area contributed by atoms with Gasteiger partial charge in [0.2, 0.25) is 0 Å². The van der Waals surface area contributed by atoms with Crippen LogP contribution in [0.3, 0.4) is 0 Å². The van der Waals surface area contributed by atoms with Crippen molar-refractivity contribution in [3.63, 3.8) is 0 Å². The first-order chi connectivity index (χ1) is 12.0. The smallest absolute Gasteiger partial charge is 0.255 e. The number of anilines is 3. The second-order valence-corrected chi connectivity index (χ2v) is 6.71. The summed E-state index contributed by atoms with van der Waals surface area (Å²) in [6, 6.07) is 8.57. The van der Waals surface area contributed by atoms with Crippen LogP contribution in [0, 0.1) is 0 Å². The van der Waals surface area contributed by atoms with E-state index in [1.54, 1.807) is 6.07 Å². The van der Waals surface area contributed by atoms with Gasteiger partial charge in [-0.15, -0.1) is 0 Å². The molecular weight excluding hydrogens is 361 g/mol. The lowest BCUT2D eigenvalue weighted by Crippen LogP contribution is -2.19. The van der Waals surface area contributed by atoms with Crippen LogP contribution in [0.2, 0.25) is 10.0 Å². The Morgan fingerprint density at radius 3 is 2.36 bits per heavy atom. The molecule has 1 heterocycles. The standard InChI is InChI=1S/C18H19Cl2N3O2/c1-25-17-13(19)8-11(9-14(17)20)18(24)22-12-4-5-16(15(21)10-12)23-6-2-3-7-23/h4-5,8-10H,2-3,6-7,21H2,1H3,(H,22,24). The van der Waals surface area contributed by atoms with Gasteiger partial charge in [0.25, 0.3) is 5.91 Å². The zero-order chi connectivity index (χ0) is 18.0.